The van der Waals surface area contributed by atoms with Crippen molar-refractivity contribution < 1.29 is 9.53 Å². The van der Waals surface area contributed by atoms with E-state index in [-0.39, 0.29) is 18.1 Å². The summed E-state index contributed by atoms with van der Waals surface area (Å²) in [5.74, 6) is 2.37. The van der Waals surface area contributed by atoms with Crippen LogP contribution in [0.15, 0.2) is 0 Å². The molecule has 4 nitrogen and oxygen atoms in total. The summed E-state index contributed by atoms with van der Waals surface area (Å²) in [5.41, 5.74) is 5.75. The Morgan fingerprint density at radius 2 is 2.44 bits per heavy atom. The van der Waals surface area contributed by atoms with Crippen LogP contribution < -0.4 is 5.73 Å². The van der Waals surface area contributed by atoms with Crippen LogP contribution in [-0.2, 0) is 9.53 Å². The molecule has 16 heavy (non-hydrogen) atoms. The number of ether oxygens (including phenoxy) is 1. The molecule has 0 radical (unpaired) electrons. The highest BCUT2D eigenvalue weighted by atomic mass is 16.5. The van der Waals surface area contributed by atoms with E-state index < -0.39 is 6.04 Å². The minimum Gasteiger partial charge on any atom is -0.375 e. The standard InChI is InChI=1S/C12H20N2O2/c1-4-6-11(13)12(15)14-7-9(3)16-8-10(14)5-2/h1,9-11H,5-8,13H2,2-3H3. The van der Waals surface area contributed by atoms with Gasteiger partial charge in [-0.3, -0.25) is 4.79 Å². The van der Waals surface area contributed by atoms with Crippen LogP contribution in [0.5, 0.6) is 0 Å². The lowest BCUT2D eigenvalue weighted by Gasteiger charge is -2.39. The van der Waals surface area contributed by atoms with Gasteiger partial charge in [-0.1, -0.05) is 6.92 Å². The molecular weight excluding hydrogens is 204 g/mol. The highest BCUT2D eigenvalue weighted by Crippen LogP contribution is 2.15. The highest BCUT2D eigenvalue weighted by molar-refractivity contribution is 5.82. The second kappa shape index (κ2) is 5.88. The molecule has 0 aromatic carbocycles. The number of carbonyl (C=O) groups excluding carboxylic acids is 1. The van der Waals surface area contributed by atoms with Gasteiger partial charge in [-0.25, -0.2) is 0 Å². The topological polar surface area (TPSA) is 55.6 Å². The Labute approximate surface area is 97.1 Å². The van der Waals surface area contributed by atoms with Crippen molar-refractivity contribution in [1.82, 2.24) is 4.90 Å². The van der Waals surface area contributed by atoms with E-state index in [2.05, 4.69) is 5.92 Å². The number of nitrogens with zero attached hydrogens (tertiary/aromatic N) is 1. The van der Waals surface area contributed by atoms with E-state index in [1.165, 1.54) is 0 Å². The van der Waals surface area contributed by atoms with Gasteiger partial charge in [0.2, 0.25) is 5.91 Å². The Hall–Kier alpha value is -1.05. The van der Waals surface area contributed by atoms with Gasteiger partial charge in [-0.2, -0.15) is 0 Å². The first-order valence-electron chi connectivity index (χ1n) is 5.71. The van der Waals surface area contributed by atoms with Crippen LogP contribution in [0.4, 0.5) is 0 Å². The number of morpholine rings is 1. The normalized spacial score (nSPS) is 27.2. The quantitative estimate of drug-likeness (QED) is 0.704. The van der Waals surface area contributed by atoms with Gasteiger partial charge in [-0.05, 0) is 13.3 Å². The van der Waals surface area contributed by atoms with E-state index in [1.807, 2.05) is 18.7 Å². The molecule has 4 heteroatoms. The lowest BCUT2D eigenvalue weighted by atomic mass is 10.1. The van der Waals surface area contributed by atoms with Crippen molar-refractivity contribution in [3.63, 3.8) is 0 Å². The van der Waals surface area contributed by atoms with Gasteiger partial charge in [0, 0.05) is 13.0 Å². The number of hydrogen-bond acceptors (Lipinski definition) is 3. The first kappa shape index (κ1) is 13.0. The predicted molar refractivity (Wildman–Crippen MR) is 62.6 cm³/mol. The molecule has 3 unspecified atom stereocenters. The molecule has 0 aromatic rings. The average Bonchev–Trinajstić information content (AvgIpc) is 2.28. The summed E-state index contributed by atoms with van der Waals surface area (Å²) in [4.78, 5) is 13.9. The maximum atomic E-state index is 12.1. The van der Waals surface area contributed by atoms with Gasteiger partial charge in [0.05, 0.1) is 24.8 Å². The minimum absolute atomic E-state index is 0.0556. The molecule has 0 aromatic heterocycles. The Kier molecular flexibility index (Phi) is 4.78. The van der Waals surface area contributed by atoms with E-state index in [0.717, 1.165) is 6.42 Å². The zero-order chi connectivity index (χ0) is 12.1. The van der Waals surface area contributed by atoms with Gasteiger partial charge in [0.15, 0.2) is 0 Å². The van der Waals surface area contributed by atoms with Gasteiger partial charge in [0.25, 0.3) is 0 Å². The van der Waals surface area contributed by atoms with Crippen LogP contribution in [0.25, 0.3) is 0 Å². The van der Waals surface area contributed by atoms with Crippen molar-refractivity contribution >= 4 is 5.91 Å². The monoisotopic (exact) mass is 224 g/mol. The van der Waals surface area contributed by atoms with Crippen LogP contribution in [0.1, 0.15) is 26.7 Å². The molecule has 0 aliphatic carbocycles. The lowest BCUT2D eigenvalue weighted by Crippen LogP contribution is -2.55. The Morgan fingerprint density at radius 1 is 1.75 bits per heavy atom. The molecular formula is C12H20N2O2. The summed E-state index contributed by atoms with van der Waals surface area (Å²) in [6.07, 6.45) is 6.41. The van der Waals surface area contributed by atoms with Gasteiger partial charge in [0.1, 0.15) is 0 Å². The summed E-state index contributed by atoms with van der Waals surface area (Å²) in [6, 6.07) is -0.447. The van der Waals surface area contributed by atoms with Gasteiger partial charge >= 0.3 is 0 Å². The molecule has 1 fully saturated rings. The second-order valence-corrected chi connectivity index (χ2v) is 4.21. The van der Waals surface area contributed by atoms with Crippen molar-refractivity contribution in [3.8, 4) is 12.3 Å². The number of rotatable bonds is 3. The van der Waals surface area contributed by atoms with E-state index in [0.29, 0.717) is 19.6 Å². The maximum Gasteiger partial charge on any atom is 0.240 e. The zero-order valence-corrected chi connectivity index (χ0v) is 9.98. The molecule has 2 N–H and O–H groups in total. The van der Waals surface area contributed by atoms with E-state index in [1.54, 1.807) is 0 Å². The van der Waals surface area contributed by atoms with Gasteiger partial charge in [-0.15, -0.1) is 12.3 Å². The first-order chi connectivity index (χ1) is 7.60. The van der Waals surface area contributed by atoms with Crippen molar-refractivity contribution in [2.75, 3.05) is 13.2 Å². The number of terminal acetylenes is 1. The number of hydrogen-bond donors (Lipinski definition) is 1. The third kappa shape index (κ3) is 2.97. The van der Waals surface area contributed by atoms with Crippen LogP contribution in [0.2, 0.25) is 0 Å². The summed E-state index contributed by atoms with van der Waals surface area (Å²) in [7, 11) is 0. The lowest BCUT2D eigenvalue weighted by molar-refractivity contribution is -0.145. The fourth-order valence-corrected chi connectivity index (χ4v) is 1.88. The molecule has 1 heterocycles. The SMILES string of the molecule is C#CCC(N)C(=O)N1CC(C)OCC1CC. The molecule has 0 saturated carbocycles. The molecule has 1 amide bonds. The van der Waals surface area contributed by atoms with E-state index in [9.17, 15) is 4.79 Å². The number of amides is 1. The largest absolute Gasteiger partial charge is 0.375 e. The smallest absolute Gasteiger partial charge is 0.240 e. The van der Waals surface area contributed by atoms with Crippen LogP contribution in [0.3, 0.4) is 0 Å². The fraction of sp³-hybridized carbons (Fsp3) is 0.750. The first-order valence-corrected chi connectivity index (χ1v) is 5.71. The second-order valence-electron chi connectivity index (χ2n) is 4.21. The summed E-state index contributed by atoms with van der Waals surface area (Å²) < 4.78 is 5.53. The summed E-state index contributed by atoms with van der Waals surface area (Å²) in [6.45, 7) is 5.19. The highest BCUT2D eigenvalue weighted by Gasteiger charge is 2.31. The predicted octanol–water partition coefficient (Wildman–Crippen LogP) is 0.363. The van der Waals surface area contributed by atoms with Crippen molar-refractivity contribution in [1.29, 1.82) is 0 Å². The van der Waals surface area contributed by atoms with Gasteiger partial charge < -0.3 is 15.4 Å². The zero-order valence-electron chi connectivity index (χ0n) is 9.98. The molecule has 1 aliphatic heterocycles. The summed E-state index contributed by atoms with van der Waals surface area (Å²) >= 11 is 0. The Morgan fingerprint density at radius 3 is 3.00 bits per heavy atom. The summed E-state index contributed by atoms with van der Waals surface area (Å²) in [5, 5.41) is 0. The Balaban J connectivity index is 2.67. The number of carbonyl (C=O) groups is 1. The fourth-order valence-electron chi connectivity index (χ4n) is 1.88. The molecule has 0 bridgehead atoms. The number of nitrogens with two attached hydrogens (primary N) is 1. The maximum absolute atomic E-state index is 12.1. The van der Waals surface area contributed by atoms with Crippen LogP contribution in [0, 0.1) is 12.3 Å². The third-order valence-electron chi connectivity index (χ3n) is 2.88. The van der Waals surface area contributed by atoms with Crippen LogP contribution >= 0.6 is 0 Å². The van der Waals surface area contributed by atoms with E-state index in [4.69, 9.17) is 16.9 Å². The molecule has 0 spiro atoms. The Bertz CT molecular complexity index is 285. The average molecular weight is 224 g/mol. The van der Waals surface area contributed by atoms with Crippen molar-refractivity contribution in [2.24, 2.45) is 5.73 Å². The molecule has 1 aliphatic rings. The molecule has 1 saturated heterocycles. The van der Waals surface area contributed by atoms with E-state index >= 15 is 0 Å². The molecule has 3 atom stereocenters. The third-order valence-corrected chi connectivity index (χ3v) is 2.88. The molecule has 1 rings (SSSR count). The van der Waals surface area contributed by atoms with Crippen molar-refractivity contribution in [3.05, 3.63) is 0 Å². The van der Waals surface area contributed by atoms with Crippen molar-refractivity contribution in [2.45, 2.75) is 44.9 Å². The minimum atomic E-state index is -0.579. The molecule has 90 valence electrons. The van der Waals surface area contributed by atoms with Crippen LogP contribution in [-0.4, -0.2) is 42.1 Å².